The quantitative estimate of drug-likeness (QED) is 0.340. The molecule has 0 radical (unpaired) electrons. The minimum atomic E-state index is -0.558. The standard InChI is InChI=1S/C20H17ClN4O4/c1-13-2-5-15(6-3-13)22-12-20(26)24-23-11-16-7-9-19(29-16)14-4-8-17(21)18(10-14)25(27)28/h2-11,22H,12H2,1H3,(H,24,26)/b23-11-. The van der Waals surface area contributed by atoms with Crippen LogP contribution in [0, 0.1) is 17.0 Å². The van der Waals surface area contributed by atoms with E-state index < -0.39 is 4.92 Å². The third-order valence-corrected chi connectivity index (χ3v) is 4.26. The molecule has 0 aliphatic carbocycles. The molecular weight excluding hydrogens is 396 g/mol. The minimum Gasteiger partial charge on any atom is -0.455 e. The van der Waals surface area contributed by atoms with Crippen LogP contribution in [0.4, 0.5) is 11.4 Å². The van der Waals surface area contributed by atoms with Gasteiger partial charge in [0.05, 0.1) is 17.7 Å². The Morgan fingerprint density at radius 2 is 1.97 bits per heavy atom. The second-order valence-corrected chi connectivity index (χ2v) is 6.55. The molecule has 0 unspecified atom stereocenters. The Morgan fingerprint density at radius 3 is 2.69 bits per heavy atom. The maximum Gasteiger partial charge on any atom is 0.288 e. The first-order valence-corrected chi connectivity index (χ1v) is 8.97. The summed E-state index contributed by atoms with van der Waals surface area (Å²) in [5.41, 5.74) is 4.67. The Kier molecular flexibility index (Phi) is 6.25. The van der Waals surface area contributed by atoms with Crippen molar-refractivity contribution in [2.75, 3.05) is 11.9 Å². The number of halogens is 1. The Labute approximate surface area is 171 Å². The first-order chi connectivity index (χ1) is 13.9. The number of nitro benzene ring substituents is 1. The van der Waals surface area contributed by atoms with Crippen LogP contribution in [0.3, 0.4) is 0 Å². The molecule has 1 amide bonds. The zero-order chi connectivity index (χ0) is 20.8. The molecule has 1 heterocycles. The van der Waals surface area contributed by atoms with Crippen LogP contribution in [0.2, 0.25) is 5.02 Å². The van der Waals surface area contributed by atoms with Gasteiger partial charge in [-0.2, -0.15) is 5.10 Å². The van der Waals surface area contributed by atoms with E-state index >= 15 is 0 Å². The van der Waals surface area contributed by atoms with E-state index in [2.05, 4.69) is 15.8 Å². The summed E-state index contributed by atoms with van der Waals surface area (Å²) in [6, 6.07) is 15.3. The van der Waals surface area contributed by atoms with Gasteiger partial charge in [-0.1, -0.05) is 29.3 Å². The van der Waals surface area contributed by atoms with Crippen molar-refractivity contribution < 1.29 is 14.1 Å². The topological polar surface area (TPSA) is 110 Å². The van der Waals surface area contributed by atoms with E-state index in [0.717, 1.165) is 11.3 Å². The van der Waals surface area contributed by atoms with Gasteiger partial charge < -0.3 is 9.73 Å². The average molecular weight is 413 g/mol. The van der Waals surface area contributed by atoms with E-state index in [9.17, 15) is 14.9 Å². The van der Waals surface area contributed by atoms with E-state index in [4.69, 9.17) is 16.0 Å². The van der Waals surface area contributed by atoms with Crippen LogP contribution in [-0.2, 0) is 4.79 Å². The fourth-order valence-corrected chi connectivity index (χ4v) is 2.63. The van der Waals surface area contributed by atoms with Gasteiger partial charge in [0.1, 0.15) is 16.5 Å². The summed E-state index contributed by atoms with van der Waals surface area (Å²) < 4.78 is 5.58. The Hall–Kier alpha value is -3.65. The Morgan fingerprint density at radius 1 is 1.21 bits per heavy atom. The maximum atomic E-state index is 11.8. The van der Waals surface area contributed by atoms with Crippen molar-refractivity contribution in [3.05, 3.63) is 81.1 Å². The number of hydrazone groups is 1. The summed E-state index contributed by atoms with van der Waals surface area (Å²) in [7, 11) is 0. The second-order valence-electron chi connectivity index (χ2n) is 6.14. The van der Waals surface area contributed by atoms with Crippen molar-refractivity contribution in [2.45, 2.75) is 6.92 Å². The van der Waals surface area contributed by atoms with Crippen LogP contribution in [0.5, 0.6) is 0 Å². The number of nitrogens with one attached hydrogen (secondary N) is 2. The highest BCUT2D eigenvalue weighted by Crippen LogP contribution is 2.30. The smallest absolute Gasteiger partial charge is 0.288 e. The number of nitrogens with zero attached hydrogens (tertiary/aromatic N) is 2. The van der Waals surface area contributed by atoms with Crippen molar-refractivity contribution in [1.82, 2.24) is 5.43 Å². The van der Waals surface area contributed by atoms with Crippen LogP contribution in [0.1, 0.15) is 11.3 Å². The molecule has 9 heteroatoms. The third-order valence-electron chi connectivity index (χ3n) is 3.94. The second kappa shape index (κ2) is 9.03. The van der Waals surface area contributed by atoms with Crippen LogP contribution >= 0.6 is 11.6 Å². The SMILES string of the molecule is Cc1ccc(NCC(=O)N/N=C\c2ccc(-c3ccc(Cl)c([N+](=O)[O-])c3)o2)cc1. The molecule has 0 atom stereocenters. The van der Waals surface area contributed by atoms with Crippen molar-refractivity contribution in [2.24, 2.45) is 5.10 Å². The number of anilines is 1. The summed E-state index contributed by atoms with van der Waals surface area (Å²) in [6.07, 6.45) is 1.34. The molecule has 29 heavy (non-hydrogen) atoms. The summed E-state index contributed by atoms with van der Waals surface area (Å²) in [6.45, 7) is 2.05. The average Bonchev–Trinajstić information content (AvgIpc) is 3.16. The highest BCUT2D eigenvalue weighted by molar-refractivity contribution is 6.32. The molecule has 3 rings (SSSR count). The predicted molar refractivity (Wildman–Crippen MR) is 111 cm³/mol. The lowest BCUT2D eigenvalue weighted by molar-refractivity contribution is -0.384. The van der Waals surface area contributed by atoms with Crippen molar-refractivity contribution in [3.8, 4) is 11.3 Å². The lowest BCUT2D eigenvalue weighted by Crippen LogP contribution is -2.25. The summed E-state index contributed by atoms with van der Waals surface area (Å²) in [5.74, 6) is 0.477. The molecule has 0 saturated heterocycles. The number of hydrogen-bond acceptors (Lipinski definition) is 6. The predicted octanol–water partition coefficient (Wildman–Crippen LogP) is 4.38. The van der Waals surface area contributed by atoms with E-state index in [1.54, 1.807) is 18.2 Å². The van der Waals surface area contributed by atoms with Crippen molar-refractivity contribution >= 4 is 35.1 Å². The molecule has 0 saturated carbocycles. The van der Waals surface area contributed by atoms with Gasteiger partial charge in [0.25, 0.3) is 11.6 Å². The number of hydrogen-bond donors (Lipinski definition) is 2. The number of benzene rings is 2. The van der Waals surface area contributed by atoms with Gasteiger partial charge >= 0.3 is 0 Å². The number of furan rings is 1. The number of aryl methyl sites for hydroxylation is 1. The Bertz CT molecular complexity index is 1060. The van der Waals surface area contributed by atoms with Gasteiger partial charge in [0, 0.05) is 17.3 Å². The van der Waals surface area contributed by atoms with Gasteiger partial charge in [-0.3, -0.25) is 14.9 Å². The van der Waals surface area contributed by atoms with Gasteiger partial charge in [-0.05, 0) is 43.3 Å². The number of carbonyl (C=O) groups is 1. The molecular formula is C20H17ClN4O4. The number of carbonyl (C=O) groups excluding carboxylic acids is 1. The van der Waals surface area contributed by atoms with Crippen LogP contribution in [0.25, 0.3) is 11.3 Å². The van der Waals surface area contributed by atoms with Gasteiger partial charge in [-0.25, -0.2) is 5.43 Å². The summed E-state index contributed by atoms with van der Waals surface area (Å²) in [5, 5.41) is 17.9. The highest BCUT2D eigenvalue weighted by atomic mass is 35.5. The molecule has 8 nitrogen and oxygen atoms in total. The molecule has 0 aliphatic heterocycles. The largest absolute Gasteiger partial charge is 0.455 e. The lowest BCUT2D eigenvalue weighted by atomic mass is 10.1. The minimum absolute atomic E-state index is 0.0500. The van der Waals surface area contributed by atoms with Gasteiger partial charge in [0.15, 0.2) is 0 Å². The fraction of sp³-hybridized carbons (Fsp3) is 0.100. The van der Waals surface area contributed by atoms with Crippen LogP contribution in [0.15, 0.2) is 64.1 Å². The molecule has 0 fully saturated rings. The summed E-state index contributed by atoms with van der Waals surface area (Å²) in [4.78, 5) is 22.3. The molecule has 3 aromatic rings. The van der Waals surface area contributed by atoms with E-state index in [0.29, 0.717) is 17.1 Å². The van der Waals surface area contributed by atoms with E-state index in [-0.39, 0.29) is 23.2 Å². The maximum absolute atomic E-state index is 11.8. The molecule has 1 aromatic heterocycles. The molecule has 2 aromatic carbocycles. The zero-order valence-electron chi connectivity index (χ0n) is 15.4. The van der Waals surface area contributed by atoms with E-state index in [1.165, 1.54) is 18.3 Å². The molecule has 0 spiro atoms. The highest BCUT2D eigenvalue weighted by Gasteiger charge is 2.15. The molecule has 0 aliphatic rings. The molecule has 2 N–H and O–H groups in total. The fourth-order valence-electron chi connectivity index (χ4n) is 2.44. The first-order valence-electron chi connectivity index (χ1n) is 8.59. The lowest BCUT2D eigenvalue weighted by Gasteiger charge is -2.05. The molecule has 0 bridgehead atoms. The number of amides is 1. The van der Waals surface area contributed by atoms with Gasteiger partial charge in [-0.15, -0.1) is 0 Å². The third kappa shape index (κ3) is 5.43. The Balaban J connectivity index is 1.56. The summed E-state index contributed by atoms with van der Waals surface area (Å²) >= 11 is 5.81. The van der Waals surface area contributed by atoms with Gasteiger partial charge in [0.2, 0.25) is 0 Å². The van der Waals surface area contributed by atoms with Crippen LogP contribution in [-0.4, -0.2) is 23.6 Å². The normalized spacial score (nSPS) is 10.8. The molecule has 148 valence electrons. The zero-order valence-corrected chi connectivity index (χ0v) is 16.1. The van der Waals surface area contributed by atoms with Crippen molar-refractivity contribution in [1.29, 1.82) is 0 Å². The number of rotatable bonds is 7. The van der Waals surface area contributed by atoms with Crippen LogP contribution < -0.4 is 10.7 Å². The first kappa shape index (κ1) is 20.1. The van der Waals surface area contributed by atoms with Crippen molar-refractivity contribution in [3.63, 3.8) is 0 Å². The number of nitro groups is 1. The monoisotopic (exact) mass is 412 g/mol. The van der Waals surface area contributed by atoms with E-state index in [1.807, 2.05) is 31.2 Å².